The number of nitrogens with zero attached hydrogens (tertiary/aromatic N) is 2. The molecule has 0 saturated carbocycles. The lowest BCUT2D eigenvalue weighted by Crippen LogP contribution is -2.13. The van der Waals surface area contributed by atoms with Gasteiger partial charge in [-0.3, -0.25) is 4.57 Å². The van der Waals surface area contributed by atoms with Crippen molar-refractivity contribution >= 4 is 11.0 Å². The molecule has 108 valence electrons. The van der Waals surface area contributed by atoms with Crippen molar-refractivity contribution in [3.63, 3.8) is 0 Å². The second kappa shape index (κ2) is 4.58. The van der Waals surface area contributed by atoms with Gasteiger partial charge >= 0.3 is 6.18 Å². The van der Waals surface area contributed by atoms with Crippen LogP contribution in [0, 0.1) is 12.7 Å². The number of hydrogen-bond acceptors (Lipinski definition) is 1. The summed E-state index contributed by atoms with van der Waals surface area (Å²) in [6.45, 7) is 1.83. The number of benzene rings is 2. The van der Waals surface area contributed by atoms with Crippen molar-refractivity contribution in [2.24, 2.45) is 0 Å². The fourth-order valence-corrected chi connectivity index (χ4v) is 2.19. The van der Waals surface area contributed by atoms with Gasteiger partial charge in [-0.2, -0.15) is 13.2 Å². The van der Waals surface area contributed by atoms with Gasteiger partial charge < -0.3 is 0 Å². The maximum atomic E-state index is 13.4. The summed E-state index contributed by atoms with van der Waals surface area (Å²) in [5.74, 6) is -1.67. The van der Waals surface area contributed by atoms with E-state index in [0.29, 0.717) is 5.69 Å². The number of aromatic nitrogens is 2. The predicted molar refractivity (Wildman–Crippen MR) is 70.8 cm³/mol. The van der Waals surface area contributed by atoms with Crippen molar-refractivity contribution in [2.75, 3.05) is 0 Å². The minimum Gasteiger partial charge on any atom is -0.289 e. The van der Waals surface area contributed by atoms with E-state index < -0.39 is 17.8 Å². The van der Waals surface area contributed by atoms with Crippen LogP contribution >= 0.6 is 0 Å². The van der Waals surface area contributed by atoms with Crippen LogP contribution < -0.4 is 0 Å². The number of halogens is 4. The SMILES string of the molecule is Cc1ccc(-n2c(C(F)(F)F)nc3ccc(F)cc32)cc1. The van der Waals surface area contributed by atoms with Gasteiger partial charge in [0, 0.05) is 11.8 Å². The Bertz CT molecular complexity index is 801. The van der Waals surface area contributed by atoms with E-state index in [1.54, 1.807) is 24.3 Å². The smallest absolute Gasteiger partial charge is 0.289 e. The first-order valence-electron chi connectivity index (χ1n) is 6.18. The molecule has 0 fully saturated rings. The van der Waals surface area contributed by atoms with E-state index in [9.17, 15) is 17.6 Å². The number of alkyl halides is 3. The highest BCUT2D eigenvalue weighted by Crippen LogP contribution is 2.34. The fraction of sp³-hybridized carbons (Fsp3) is 0.133. The van der Waals surface area contributed by atoms with Crippen LogP contribution in [0.15, 0.2) is 42.5 Å². The zero-order valence-corrected chi connectivity index (χ0v) is 10.9. The highest BCUT2D eigenvalue weighted by Gasteiger charge is 2.38. The van der Waals surface area contributed by atoms with E-state index in [0.717, 1.165) is 22.3 Å². The molecule has 0 saturated heterocycles. The Morgan fingerprint density at radius 3 is 2.29 bits per heavy atom. The molecule has 2 aromatic carbocycles. The van der Waals surface area contributed by atoms with Crippen molar-refractivity contribution in [3.8, 4) is 5.69 Å². The molecule has 6 heteroatoms. The molecule has 3 rings (SSSR count). The molecular formula is C15H10F4N2. The Labute approximate surface area is 117 Å². The zero-order valence-electron chi connectivity index (χ0n) is 10.9. The lowest BCUT2D eigenvalue weighted by Gasteiger charge is -2.11. The van der Waals surface area contributed by atoms with Gasteiger partial charge in [-0.15, -0.1) is 0 Å². The summed E-state index contributed by atoms with van der Waals surface area (Å²) in [6, 6.07) is 9.88. The first-order valence-corrected chi connectivity index (χ1v) is 6.18. The maximum Gasteiger partial charge on any atom is 0.450 e. The normalized spacial score (nSPS) is 12.0. The Kier molecular flexibility index (Phi) is 2.97. The molecule has 2 nitrogen and oxygen atoms in total. The van der Waals surface area contributed by atoms with Crippen LogP contribution in [0.2, 0.25) is 0 Å². The highest BCUT2D eigenvalue weighted by atomic mass is 19.4. The number of imidazole rings is 1. The summed E-state index contributed by atoms with van der Waals surface area (Å²) < 4.78 is 53.8. The van der Waals surface area contributed by atoms with E-state index in [1.165, 1.54) is 6.07 Å². The zero-order chi connectivity index (χ0) is 15.2. The largest absolute Gasteiger partial charge is 0.450 e. The summed E-state index contributed by atoms with van der Waals surface area (Å²) >= 11 is 0. The van der Waals surface area contributed by atoms with Crippen molar-refractivity contribution < 1.29 is 17.6 Å². The first kappa shape index (κ1) is 13.6. The van der Waals surface area contributed by atoms with Crippen LogP contribution in [-0.2, 0) is 6.18 Å². The van der Waals surface area contributed by atoms with Crippen LogP contribution in [0.5, 0.6) is 0 Å². The molecule has 0 unspecified atom stereocenters. The molecule has 0 atom stereocenters. The van der Waals surface area contributed by atoms with Crippen LogP contribution in [0.4, 0.5) is 17.6 Å². The van der Waals surface area contributed by atoms with Gasteiger partial charge in [-0.1, -0.05) is 17.7 Å². The third-order valence-corrected chi connectivity index (χ3v) is 3.16. The molecule has 0 aliphatic carbocycles. The number of fused-ring (bicyclic) bond motifs is 1. The third-order valence-electron chi connectivity index (χ3n) is 3.16. The summed E-state index contributed by atoms with van der Waals surface area (Å²) in [7, 11) is 0. The van der Waals surface area contributed by atoms with Gasteiger partial charge in [0.05, 0.1) is 11.0 Å². The van der Waals surface area contributed by atoms with Gasteiger partial charge in [0.2, 0.25) is 5.82 Å². The van der Waals surface area contributed by atoms with E-state index in [4.69, 9.17) is 0 Å². The Hall–Kier alpha value is -2.37. The maximum absolute atomic E-state index is 13.4. The van der Waals surface area contributed by atoms with E-state index in [2.05, 4.69) is 4.98 Å². The second-order valence-corrected chi connectivity index (χ2v) is 4.74. The fourth-order valence-electron chi connectivity index (χ4n) is 2.19. The molecule has 0 spiro atoms. The molecule has 21 heavy (non-hydrogen) atoms. The topological polar surface area (TPSA) is 17.8 Å². The van der Waals surface area contributed by atoms with E-state index in [-0.39, 0.29) is 11.0 Å². The van der Waals surface area contributed by atoms with Crippen LogP contribution in [0.3, 0.4) is 0 Å². The van der Waals surface area contributed by atoms with Crippen LogP contribution in [0.25, 0.3) is 16.7 Å². The van der Waals surface area contributed by atoms with Crippen LogP contribution in [0.1, 0.15) is 11.4 Å². The summed E-state index contributed by atoms with van der Waals surface area (Å²) in [4.78, 5) is 3.60. The van der Waals surface area contributed by atoms with Crippen molar-refractivity contribution in [2.45, 2.75) is 13.1 Å². The molecule has 0 radical (unpaired) electrons. The lowest BCUT2D eigenvalue weighted by molar-refractivity contribution is -0.145. The number of hydrogen-bond donors (Lipinski definition) is 0. The third kappa shape index (κ3) is 2.37. The van der Waals surface area contributed by atoms with Gasteiger partial charge in [0.25, 0.3) is 0 Å². The van der Waals surface area contributed by atoms with Gasteiger partial charge in [-0.25, -0.2) is 9.37 Å². The molecule has 1 aromatic heterocycles. The van der Waals surface area contributed by atoms with Crippen molar-refractivity contribution in [1.29, 1.82) is 0 Å². The average Bonchev–Trinajstić information content (AvgIpc) is 2.78. The Balaban J connectivity index is 2.36. The lowest BCUT2D eigenvalue weighted by atomic mass is 10.2. The second-order valence-electron chi connectivity index (χ2n) is 4.74. The molecule has 1 heterocycles. The van der Waals surface area contributed by atoms with Gasteiger partial charge in [-0.05, 0) is 31.2 Å². The minimum absolute atomic E-state index is 0.0891. The molecule has 0 bridgehead atoms. The Morgan fingerprint density at radius 1 is 1.00 bits per heavy atom. The highest BCUT2D eigenvalue weighted by molar-refractivity contribution is 5.78. The molecule has 0 amide bonds. The minimum atomic E-state index is -4.62. The summed E-state index contributed by atoms with van der Waals surface area (Å²) in [6.07, 6.45) is -4.62. The van der Waals surface area contributed by atoms with E-state index >= 15 is 0 Å². The quantitative estimate of drug-likeness (QED) is 0.605. The molecule has 3 aromatic rings. The molecule has 0 aliphatic heterocycles. The van der Waals surface area contributed by atoms with Crippen molar-refractivity contribution in [3.05, 3.63) is 59.7 Å². The van der Waals surface area contributed by atoms with E-state index in [1.807, 2.05) is 6.92 Å². The number of aryl methyl sites for hydroxylation is 1. The average molecular weight is 294 g/mol. The van der Waals surface area contributed by atoms with Gasteiger partial charge in [0.15, 0.2) is 0 Å². The van der Waals surface area contributed by atoms with Gasteiger partial charge in [0.1, 0.15) is 5.82 Å². The summed E-state index contributed by atoms with van der Waals surface area (Å²) in [5, 5.41) is 0. The first-order chi connectivity index (χ1) is 9.86. The molecule has 0 aliphatic rings. The predicted octanol–water partition coefficient (Wildman–Crippen LogP) is 4.49. The van der Waals surface area contributed by atoms with Crippen molar-refractivity contribution in [1.82, 2.24) is 9.55 Å². The number of rotatable bonds is 1. The monoisotopic (exact) mass is 294 g/mol. The molecular weight excluding hydrogens is 284 g/mol. The molecule has 0 N–H and O–H groups in total. The Morgan fingerprint density at radius 2 is 1.67 bits per heavy atom. The summed E-state index contributed by atoms with van der Waals surface area (Å²) in [5.41, 5.74) is 1.40. The standard InChI is InChI=1S/C15H10F4N2/c1-9-2-5-11(6-3-9)21-13-8-10(16)4-7-12(13)20-14(21)15(17,18)19/h2-8H,1H3. The van der Waals surface area contributed by atoms with Crippen LogP contribution in [-0.4, -0.2) is 9.55 Å².